The molecule has 0 amide bonds. The standard InChI is InChI=1S/C15H15BrFN/c1-10-7-11(2)15(13(16)8-10)18-9-12-5-3-4-6-14(12)17/h3-8,18H,9H2,1-2H3. The van der Waals surface area contributed by atoms with E-state index in [-0.39, 0.29) is 5.82 Å². The normalized spacial score (nSPS) is 10.4. The van der Waals surface area contributed by atoms with Crippen molar-refractivity contribution >= 4 is 21.6 Å². The van der Waals surface area contributed by atoms with Gasteiger partial charge in [-0.1, -0.05) is 24.3 Å². The van der Waals surface area contributed by atoms with Crippen molar-refractivity contribution in [3.05, 3.63) is 63.4 Å². The largest absolute Gasteiger partial charge is 0.380 e. The van der Waals surface area contributed by atoms with Crippen molar-refractivity contribution in [2.75, 3.05) is 5.32 Å². The minimum Gasteiger partial charge on any atom is -0.380 e. The molecule has 0 radical (unpaired) electrons. The molecule has 2 rings (SSSR count). The molecule has 2 aromatic carbocycles. The minimum atomic E-state index is -0.175. The molecule has 1 nitrogen and oxygen atoms in total. The molecule has 0 aliphatic heterocycles. The van der Waals surface area contributed by atoms with Crippen LogP contribution in [0.4, 0.5) is 10.1 Å². The van der Waals surface area contributed by atoms with Crippen LogP contribution in [0.5, 0.6) is 0 Å². The molecule has 0 heterocycles. The Morgan fingerprint density at radius 1 is 1.17 bits per heavy atom. The summed E-state index contributed by atoms with van der Waals surface area (Å²) >= 11 is 3.53. The van der Waals surface area contributed by atoms with Gasteiger partial charge in [-0.2, -0.15) is 0 Å². The van der Waals surface area contributed by atoms with Gasteiger partial charge in [0.1, 0.15) is 5.82 Å². The van der Waals surface area contributed by atoms with Crippen molar-refractivity contribution in [1.29, 1.82) is 0 Å². The fourth-order valence-corrected chi connectivity index (χ4v) is 2.78. The van der Waals surface area contributed by atoms with Gasteiger partial charge in [0.05, 0.1) is 5.69 Å². The summed E-state index contributed by atoms with van der Waals surface area (Å²) in [5, 5.41) is 3.28. The van der Waals surface area contributed by atoms with Crippen LogP contribution in [0.15, 0.2) is 40.9 Å². The van der Waals surface area contributed by atoms with Gasteiger partial charge < -0.3 is 5.32 Å². The van der Waals surface area contributed by atoms with Crippen LogP contribution in [0.1, 0.15) is 16.7 Å². The molecule has 0 saturated heterocycles. The van der Waals surface area contributed by atoms with E-state index in [4.69, 9.17) is 0 Å². The molecule has 0 saturated carbocycles. The molecule has 0 aromatic heterocycles. The second-order valence-electron chi connectivity index (χ2n) is 4.38. The van der Waals surface area contributed by atoms with E-state index in [1.807, 2.05) is 13.0 Å². The Bertz CT molecular complexity index is 543. The highest BCUT2D eigenvalue weighted by Gasteiger charge is 2.06. The number of hydrogen-bond acceptors (Lipinski definition) is 1. The lowest BCUT2D eigenvalue weighted by Gasteiger charge is -2.13. The Hall–Kier alpha value is -1.35. The number of aryl methyl sites for hydroxylation is 2. The second kappa shape index (κ2) is 5.53. The molecule has 0 spiro atoms. The number of hydrogen-bond donors (Lipinski definition) is 1. The van der Waals surface area contributed by atoms with E-state index < -0.39 is 0 Å². The highest BCUT2D eigenvalue weighted by molar-refractivity contribution is 9.10. The van der Waals surface area contributed by atoms with E-state index in [9.17, 15) is 4.39 Å². The Morgan fingerprint density at radius 3 is 2.56 bits per heavy atom. The first-order chi connectivity index (χ1) is 8.58. The van der Waals surface area contributed by atoms with Crippen molar-refractivity contribution in [3.8, 4) is 0 Å². The van der Waals surface area contributed by atoms with Gasteiger partial charge in [0, 0.05) is 16.6 Å². The summed E-state index contributed by atoms with van der Waals surface area (Å²) in [5.74, 6) is -0.175. The van der Waals surface area contributed by atoms with Gasteiger partial charge in [-0.3, -0.25) is 0 Å². The highest BCUT2D eigenvalue weighted by atomic mass is 79.9. The molecule has 0 aliphatic carbocycles. The van der Waals surface area contributed by atoms with Crippen molar-refractivity contribution in [1.82, 2.24) is 0 Å². The Kier molecular flexibility index (Phi) is 4.02. The molecule has 0 aliphatic rings. The number of benzene rings is 2. The zero-order chi connectivity index (χ0) is 13.1. The monoisotopic (exact) mass is 307 g/mol. The van der Waals surface area contributed by atoms with Crippen LogP contribution in [0.2, 0.25) is 0 Å². The van der Waals surface area contributed by atoms with Crippen molar-refractivity contribution in [2.24, 2.45) is 0 Å². The molecule has 2 aromatic rings. The fraction of sp³-hybridized carbons (Fsp3) is 0.200. The van der Waals surface area contributed by atoms with E-state index in [0.717, 1.165) is 15.7 Å². The maximum atomic E-state index is 13.5. The lowest BCUT2D eigenvalue weighted by atomic mass is 10.1. The first kappa shape index (κ1) is 13.1. The van der Waals surface area contributed by atoms with E-state index in [1.54, 1.807) is 12.1 Å². The number of nitrogens with one attached hydrogen (secondary N) is 1. The molecule has 94 valence electrons. The molecule has 1 N–H and O–H groups in total. The van der Waals surface area contributed by atoms with Crippen molar-refractivity contribution in [2.45, 2.75) is 20.4 Å². The molecule has 0 atom stereocenters. The van der Waals surface area contributed by atoms with Crippen LogP contribution in [-0.2, 0) is 6.54 Å². The Morgan fingerprint density at radius 2 is 1.89 bits per heavy atom. The van der Waals surface area contributed by atoms with E-state index in [2.05, 4.69) is 40.3 Å². The van der Waals surface area contributed by atoms with Gasteiger partial charge in [-0.05, 0) is 53.0 Å². The Balaban J connectivity index is 2.19. The van der Waals surface area contributed by atoms with Crippen LogP contribution in [0.3, 0.4) is 0 Å². The smallest absolute Gasteiger partial charge is 0.128 e. The summed E-state index contributed by atoms with van der Waals surface area (Å²) in [6.45, 7) is 4.58. The quantitative estimate of drug-likeness (QED) is 0.857. The summed E-state index contributed by atoms with van der Waals surface area (Å²) in [6, 6.07) is 11.0. The zero-order valence-corrected chi connectivity index (χ0v) is 12.0. The first-order valence-electron chi connectivity index (χ1n) is 5.82. The van der Waals surface area contributed by atoms with Gasteiger partial charge in [0.25, 0.3) is 0 Å². The van der Waals surface area contributed by atoms with Crippen molar-refractivity contribution in [3.63, 3.8) is 0 Å². The van der Waals surface area contributed by atoms with Crippen LogP contribution in [-0.4, -0.2) is 0 Å². The highest BCUT2D eigenvalue weighted by Crippen LogP contribution is 2.28. The molecular weight excluding hydrogens is 293 g/mol. The maximum absolute atomic E-state index is 13.5. The number of rotatable bonds is 3. The Labute approximate surface area is 115 Å². The molecular formula is C15H15BrFN. The third-order valence-electron chi connectivity index (χ3n) is 2.85. The predicted octanol–water partition coefficient (Wildman–Crippen LogP) is 4.82. The average molecular weight is 308 g/mol. The zero-order valence-electron chi connectivity index (χ0n) is 10.4. The molecule has 3 heteroatoms. The van der Waals surface area contributed by atoms with Gasteiger partial charge in [0.2, 0.25) is 0 Å². The minimum absolute atomic E-state index is 0.175. The van der Waals surface area contributed by atoms with Crippen LogP contribution in [0.25, 0.3) is 0 Å². The molecule has 0 unspecified atom stereocenters. The summed E-state index contributed by atoms with van der Waals surface area (Å²) in [7, 11) is 0. The number of halogens is 2. The third kappa shape index (κ3) is 2.91. The fourth-order valence-electron chi connectivity index (χ4n) is 1.96. The van der Waals surface area contributed by atoms with Crippen molar-refractivity contribution < 1.29 is 4.39 Å². The summed E-state index contributed by atoms with van der Waals surface area (Å²) in [6.07, 6.45) is 0. The van der Waals surface area contributed by atoms with Gasteiger partial charge in [-0.15, -0.1) is 0 Å². The van der Waals surface area contributed by atoms with Crippen LogP contribution < -0.4 is 5.32 Å². The van der Waals surface area contributed by atoms with E-state index in [0.29, 0.717) is 12.1 Å². The van der Waals surface area contributed by atoms with E-state index in [1.165, 1.54) is 11.6 Å². The van der Waals surface area contributed by atoms with E-state index >= 15 is 0 Å². The molecule has 0 bridgehead atoms. The van der Waals surface area contributed by atoms with Crippen LogP contribution >= 0.6 is 15.9 Å². The average Bonchev–Trinajstić information content (AvgIpc) is 2.30. The predicted molar refractivity (Wildman–Crippen MR) is 77.3 cm³/mol. The van der Waals surface area contributed by atoms with Gasteiger partial charge >= 0.3 is 0 Å². The molecule has 0 fully saturated rings. The second-order valence-corrected chi connectivity index (χ2v) is 5.24. The molecule has 18 heavy (non-hydrogen) atoms. The lowest BCUT2D eigenvalue weighted by Crippen LogP contribution is -2.04. The van der Waals surface area contributed by atoms with Gasteiger partial charge in [0.15, 0.2) is 0 Å². The third-order valence-corrected chi connectivity index (χ3v) is 3.47. The summed E-state index contributed by atoms with van der Waals surface area (Å²) in [5.41, 5.74) is 4.04. The maximum Gasteiger partial charge on any atom is 0.128 e. The first-order valence-corrected chi connectivity index (χ1v) is 6.61. The van der Waals surface area contributed by atoms with Crippen LogP contribution in [0, 0.1) is 19.7 Å². The topological polar surface area (TPSA) is 12.0 Å². The summed E-state index contributed by atoms with van der Waals surface area (Å²) < 4.78 is 14.5. The SMILES string of the molecule is Cc1cc(C)c(NCc2ccccc2F)c(Br)c1. The van der Waals surface area contributed by atoms with Gasteiger partial charge in [-0.25, -0.2) is 4.39 Å². The lowest BCUT2D eigenvalue weighted by molar-refractivity contribution is 0.613. The summed E-state index contributed by atoms with van der Waals surface area (Å²) in [4.78, 5) is 0. The number of anilines is 1.